The minimum atomic E-state index is 0.0624. The molecule has 4 rings (SSSR count). The van der Waals surface area contributed by atoms with Crippen molar-refractivity contribution in [3.63, 3.8) is 0 Å². The Morgan fingerprint density at radius 2 is 2.36 bits per heavy atom. The number of hydrogen-bond donors (Lipinski definition) is 2. The normalized spacial score (nSPS) is 22.5. The average Bonchev–Trinajstić information content (AvgIpc) is 3.36. The molecular weight excluding hydrogens is 352 g/mol. The van der Waals surface area contributed by atoms with Gasteiger partial charge < -0.3 is 20.1 Å². The first-order valence-corrected chi connectivity index (χ1v) is 10.0. The fourth-order valence-electron chi connectivity index (χ4n) is 4.25. The molecule has 2 N–H and O–H groups in total. The fraction of sp³-hybridized carbons (Fsp3) is 0.476. The number of hydrogen-bond acceptors (Lipinski definition) is 3. The predicted molar refractivity (Wildman–Crippen MR) is 109 cm³/mol. The molecule has 1 aromatic heterocycles. The SMILES string of the molecule is CCNC(=NCc1cccc(-n2ccnc2)c1)N1CCCC2(CNC(=O)C2)C1. The van der Waals surface area contributed by atoms with Crippen LogP contribution in [0.1, 0.15) is 31.7 Å². The van der Waals surface area contributed by atoms with Gasteiger partial charge in [-0.1, -0.05) is 12.1 Å². The van der Waals surface area contributed by atoms with E-state index in [0.717, 1.165) is 56.2 Å². The number of likely N-dealkylation sites (tertiary alicyclic amines) is 1. The summed E-state index contributed by atoms with van der Waals surface area (Å²) in [6.45, 7) is 6.19. The highest BCUT2D eigenvalue weighted by Crippen LogP contribution is 2.36. The van der Waals surface area contributed by atoms with E-state index in [9.17, 15) is 4.79 Å². The van der Waals surface area contributed by atoms with E-state index in [1.54, 1.807) is 12.5 Å². The van der Waals surface area contributed by atoms with Gasteiger partial charge in [0.05, 0.1) is 12.9 Å². The van der Waals surface area contributed by atoms with Crippen LogP contribution >= 0.6 is 0 Å². The van der Waals surface area contributed by atoms with Crippen LogP contribution in [0.15, 0.2) is 48.0 Å². The molecule has 1 unspecified atom stereocenters. The number of carbonyl (C=O) groups excluding carboxylic acids is 1. The zero-order valence-electron chi connectivity index (χ0n) is 16.4. The van der Waals surface area contributed by atoms with Crippen LogP contribution in [0.2, 0.25) is 0 Å². The number of guanidine groups is 1. The van der Waals surface area contributed by atoms with Gasteiger partial charge in [-0.3, -0.25) is 4.79 Å². The summed E-state index contributed by atoms with van der Waals surface area (Å²) >= 11 is 0. The maximum absolute atomic E-state index is 11.8. The van der Waals surface area contributed by atoms with Crippen molar-refractivity contribution in [3.05, 3.63) is 48.5 Å². The lowest BCUT2D eigenvalue weighted by molar-refractivity contribution is -0.119. The molecule has 0 aliphatic carbocycles. The Bertz CT molecular complexity index is 846. The minimum Gasteiger partial charge on any atom is -0.357 e. The van der Waals surface area contributed by atoms with Crippen LogP contribution in [0, 0.1) is 5.41 Å². The highest BCUT2D eigenvalue weighted by Gasteiger charge is 2.42. The molecule has 7 nitrogen and oxygen atoms in total. The van der Waals surface area contributed by atoms with E-state index in [1.165, 1.54) is 0 Å². The first kappa shape index (κ1) is 18.5. The van der Waals surface area contributed by atoms with Gasteiger partial charge in [-0.05, 0) is 37.5 Å². The van der Waals surface area contributed by atoms with E-state index in [-0.39, 0.29) is 11.3 Å². The van der Waals surface area contributed by atoms with E-state index in [4.69, 9.17) is 4.99 Å². The highest BCUT2D eigenvalue weighted by atomic mass is 16.1. The molecule has 2 fully saturated rings. The van der Waals surface area contributed by atoms with Gasteiger partial charge in [0.2, 0.25) is 5.91 Å². The Kier molecular flexibility index (Phi) is 5.32. The quantitative estimate of drug-likeness (QED) is 0.628. The van der Waals surface area contributed by atoms with Crippen molar-refractivity contribution in [1.82, 2.24) is 25.1 Å². The summed E-state index contributed by atoms with van der Waals surface area (Å²) in [5.41, 5.74) is 2.31. The van der Waals surface area contributed by atoms with Crippen molar-refractivity contribution >= 4 is 11.9 Å². The zero-order valence-corrected chi connectivity index (χ0v) is 16.4. The molecule has 1 spiro atoms. The van der Waals surface area contributed by atoms with E-state index in [2.05, 4.69) is 51.7 Å². The van der Waals surface area contributed by atoms with E-state index in [0.29, 0.717) is 13.0 Å². The summed E-state index contributed by atoms with van der Waals surface area (Å²) in [7, 11) is 0. The van der Waals surface area contributed by atoms with Gasteiger partial charge in [0.1, 0.15) is 0 Å². The second kappa shape index (κ2) is 8.04. The molecule has 1 amide bonds. The standard InChI is InChI=1S/C21H28N6O/c1-2-23-20(26-9-4-7-21(15-26)12-19(28)25-14-21)24-13-17-5-3-6-18(11-17)27-10-8-22-16-27/h3,5-6,8,10-11,16H,2,4,7,9,12-15H2,1H3,(H,23,24)(H,25,28). The molecule has 7 heteroatoms. The summed E-state index contributed by atoms with van der Waals surface area (Å²) in [4.78, 5) is 23.1. The molecule has 3 heterocycles. The Balaban J connectivity index is 1.49. The number of piperidine rings is 1. The Labute approximate surface area is 165 Å². The predicted octanol–water partition coefficient (Wildman–Crippen LogP) is 1.94. The number of imidazole rings is 1. The number of rotatable bonds is 4. The van der Waals surface area contributed by atoms with Crippen molar-refractivity contribution in [2.75, 3.05) is 26.2 Å². The van der Waals surface area contributed by atoms with Crippen LogP contribution in [0.25, 0.3) is 5.69 Å². The molecule has 2 aromatic rings. The summed E-state index contributed by atoms with van der Waals surface area (Å²) < 4.78 is 2.00. The average molecular weight is 380 g/mol. The monoisotopic (exact) mass is 380 g/mol. The minimum absolute atomic E-state index is 0.0624. The molecule has 1 aromatic carbocycles. The van der Waals surface area contributed by atoms with Crippen molar-refractivity contribution in [2.24, 2.45) is 10.4 Å². The number of aliphatic imine (C=N–C) groups is 1. The second-order valence-electron chi connectivity index (χ2n) is 7.79. The molecule has 148 valence electrons. The molecular formula is C21H28N6O. The van der Waals surface area contributed by atoms with Crippen LogP contribution in [0.3, 0.4) is 0 Å². The smallest absolute Gasteiger partial charge is 0.220 e. The molecule has 1 atom stereocenters. The van der Waals surface area contributed by atoms with Crippen LogP contribution in [0.4, 0.5) is 0 Å². The summed E-state index contributed by atoms with van der Waals surface area (Å²) in [6.07, 6.45) is 8.36. The summed E-state index contributed by atoms with van der Waals surface area (Å²) in [5, 5.41) is 6.45. The third-order valence-electron chi connectivity index (χ3n) is 5.62. The van der Waals surface area contributed by atoms with Crippen molar-refractivity contribution in [1.29, 1.82) is 0 Å². The summed E-state index contributed by atoms with van der Waals surface area (Å²) in [5.74, 6) is 1.12. The van der Waals surface area contributed by atoms with Gasteiger partial charge in [0.15, 0.2) is 5.96 Å². The lowest BCUT2D eigenvalue weighted by atomic mass is 9.79. The van der Waals surface area contributed by atoms with E-state index in [1.807, 2.05) is 10.8 Å². The van der Waals surface area contributed by atoms with Gasteiger partial charge >= 0.3 is 0 Å². The fourth-order valence-corrected chi connectivity index (χ4v) is 4.25. The first-order chi connectivity index (χ1) is 13.7. The maximum Gasteiger partial charge on any atom is 0.220 e. The van der Waals surface area contributed by atoms with Crippen LogP contribution in [-0.2, 0) is 11.3 Å². The third-order valence-corrected chi connectivity index (χ3v) is 5.62. The van der Waals surface area contributed by atoms with Gasteiger partial charge in [-0.15, -0.1) is 0 Å². The molecule has 0 bridgehead atoms. The molecule has 0 radical (unpaired) electrons. The van der Waals surface area contributed by atoms with Gasteiger partial charge in [-0.2, -0.15) is 0 Å². The lowest BCUT2D eigenvalue weighted by Crippen LogP contribution is -2.51. The van der Waals surface area contributed by atoms with Crippen LogP contribution in [0.5, 0.6) is 0 Å². The van der Waals surface area contributed by atoms with Crippen LogP contribution in [-0.4, -0.2) is 52.5 Å². The van der Waals surface area contributed by atoms with Gasteiger partial charge in [0.25, 0.3) is 0 Å². The molecule has 2 saturated heterocycles. The number of amides is 1. The maximum atomic E-state index is 11.8. The van der Waals surface area contributed by atoms with Crippen molar-refractivity contribution in [3.8, 4) is 5.69 Å². The second-order valence-corrected chi connectivity index (χ2v) is 7.79. The van der Waals surface area contributed by atoms with Gasteiger partial charge in [0, 0.05) is 56.1 Å². The molecule has 0 saturated carbocycles. The molecule has 28 heavy (non-hydrogen) atoms. The topological polar surface area (TPSA) is 74.6 Å². The van der Waals surface area contributed by atoms with Gasteiger partial charge in [-0.25, -0.2) is 9.98 Å². The van der Waals surface area contributed by atoms with Crippen molar-refractivity contribution in [2.45, 2.75) is 32.7 Å². The number of aromatic nitrogens is 2. The Morgan fingerprint density at radius 1 is 1.43 bits per heavy atom. The third kappa shape index (κ3) is 4.03. The van der Waals surface area contributed by atoms with Crippen molar-refractivity contribution < 1.29 is 4.79 Å². The molecule has 2 aliphatic rings. The van der Waals surface area contributed by atoms with E-state index < -0.39 is 0 Å². The molecule has 2 aliphatic heterocycles. The number of carbonyl (C=O) groups is 1. The largest absolute Gasteiger partial charge is 0.357 e. The van der Waals surface area contributed by atoms with E-state index >= 15 is 0 Å². The Morgan fingerprint density at radius 3 is 3.11 bits per heavy atom. The van der Waals surface area contributed by atoms with Crippen LogP contribution < -0.4 is 10.6 Å². The number of nitrogens with zero attached hydrogens (tertiary/aromatic N) is 4. The zero-order chi connectivity index (χ0) is 19.4. The Hall–Kier alpha value is -2.83. The number of nitrogens with one attached hydrogen (secondary N) is 2. The highest BCUT2D eigenvalue weighted by molar-refractivity contribution is 5.81. The lowest BCUT2D eigenvalue weighted by Gasteiger charge is -2.40. The first-order valence-electron chi connectivity index (χ1n) is 10.0. The summed E-state index contributed by atoms with van der Waals surface area (Å²) in [6, 6.07) is 8.37. The number of benzene rings is 1.